The molecule has 8 nitrogen and oxygen atoms in total. The third kappa shape index (κ3) is 6.58. The van der Waals surface area contributed by atoms with Crippen molar-refractivity contribution in [1.29, 1.82) is 0 Å². The van der Waals surface area contributed by atoms with Crippen molar-refractivity contribution in [3.63, 3.8) is 0 Å². The maximum atomic E-state index is 14.3. The maximum Gasteiger partial charge on any atom is 0.266 e. The largest absolute Gasteiger partial charge is 0.494 e. The van der Waals surface area contributed by atoms with E-state index in [9.17, 15) is 4.79 Å². The summed E-state index contributed by atoms with van der Waals surface area (Å²) in [4.78, 5) is 19.4. The molecular formula is C30H31Br2N3O5. The van der Waals surface area contributed by atoms with Crippen molar-refractivity contribution < 1.29 is 24.1 Å². The van der Waals surface area contributed by atoms with Crippen LogP contribution in [-0.4, -0.2) is 67.0 Å². The molecule has 3 aromatic carbocycles. The van der Waals surface area contributed by atoms with Crippen LogP contribution in [0.4, 0.5) is 0 Å². The average molecular weight is 673 g/mol. The Morgan fingerprint density at radius 3 is 2.48 bits per heavy atom. The molecule has 0 bridgehead atoms. The number of hydrazine groups is 1. The Hall–Kier alpha value is -2.76. The van der Waals surface area contributed by atoms with Crippen LogP contribution in [0.15, 0.2) is 86.7 Å². The first-order valence-corrected chi connectivity index (χ1v) is 14.8. The summed E-state index contributed by atoms with van der Waals surface area (Å²) >= 11 is 7.20. The molecule has 210 valence electrons. The molecule has 2 heterocycles. The van der Waals surface area contributed by atoms with Crippen LogP contribution in [0.5, 0.6) is 5.75 Å². The third-order valence-corrected chi connectivity index (χ3v) is 8.13. The summed E-state index contributed by atoms with van der Waals surface area (Å²) in [5.74, 6) is 0.832. The van der Waals surface area contributed by atoms with Crippen molar-refractivity contribution in [1.82, 2.24) is 10.4 Å². The Morgan fingerprint density at radius 2 is 1.77 bits per heavy atom. The van der Waals surface area contributed by atoms with Gasteiger partial charge >= 0.3 is 0 Å². The minimum Gasteiger partial charge on any atom is -0.494 e. The molecule has 40 heavy (non-hydrogen) atoms. The number of nitrogens with one attached hydrogen (secondary N) is 1. The van der Waals surface area contributed by atoms with E-state index in [4.69, 9.17) is 24.3 Å². The fraction of sp³-hybridized carbons (Fsp3) is 0.333. The van der Waals surface area contributed by atoms with E-state index in [2.05, 4.69) is 37.3 Å². The zero-order valence-corrected chi connectivity index (χ0v) is 25.1. The smallest absolute Gasteiger partial charge is 0.266 e. The van der Waals surface area contributed by atoms with E-state index in [-0.39, 0.29) is 12.5 Å². The summed E-state index contributed by atoms with van der Waals surface area (Å²) in [7, 11) is 0. The van der Waals surface area contributed by atoms with Crippen LogP contribution in [-0.2, 0) is 20.7 Å². The topological polar surface area (TPSA) is 92.6 Å². The zero-order chi connectivity index (χ0) is 28.0. The fourth-order valence-corrected chi connectivity index (χ4v) is 5.53. The summed E-state index contributed by atoms with van der Waals surface area (Å²) < 4.78 is 19.6. The minimum absolute atomic E-state index is 0.0755. The van der Waals surface area contributed by atoms with Gasteiger partial charge in [-0.25, -0.2) is 10.0 Å². The highest BCUT2D eigenvalue weighted by Gasteiger charge is 2.54. The van der Waals surface area contributed by atoms with Gasteiger partial charge in [-0.05, 0) is 48.0 Å². The van der Waals surface area contributed by atoms with E-state index < -0.39 is 11.6 Å². The highest BCUT2D eigenvalue weighted by Crippen LogP contribution is 2.44. The number of benzene rings is 3. The molecule has 2 N–H and O–H groups in total. The van der Waals surface area contributed by atoms with Crippen molar-refractivity contribution >= 4 is 43.7 Å². The van der Waals surface area contributed by atoms with Crippen LogP contribution >= 0.6 is 31.9 Å². The predicted molar refractivity (Wildman–Crippen MR) is 159 cm³/mol. The van der Waals surface area contributed by atoms with Crippen molar-refractivity contribution in [2.24, 2.45) is 4.99 Å². The van der Waals surface area contributed by atoms with E-state index in [1.54, 1.807) is 0 Å². The van der Waals surface area contributed by atoms with E-state index in [0.717, 1.165) is 25.6 Å². The van der Waals surface area contributed by atoms with Crippen LogP contribution in [0.3, 0.4) is 0 Å². The summed E-state index contributed by atoms with van der Waals surface area (Å²) in [5, 5.41) is 10.9. The summed E-state index contributed by atoms with van der Waals surface area (Å²) in [6.45, 7) is 2.78. The number of aliphatic hydroxyl groups excluding tert-OH is 1. The van der Waals surface area contributed by atoms with Gasteiger partial charge in [-0.3, -0.25) is 10.2 Å². The average Bonchev–Trinajstić information content (AvgIpc) is 3.36. The Morgan fingerprint density at radius 1 is 1.05 bits per heavy atom. The molecule has 0 saturated carbocycles. The van der Waals surface area contributed by atoms with Gasteiger partial charge in [0.1, 0.15) is 5.75 Å². The third-order valence-electron chi connectivity index (χ3n) is 6.88. The van der Waals surface area contributed by atoms with Crippen LogP contribution in [0.25, 0.3) is 0 Å². The standard InChI is InChI=1S/C30H31Br2N3O5/c31-23-10-6-21(7-11-23)20-30(29(37)34-35-14-18-38-19-15-35)27(25-4-1-2-5-26(25)32)40-28(33-30)22-8-12-24(13-9-22)39-17-3-16-36/h1-2,4-13,27,36H,3,14-20H2,(H,34,37)/t27-,30-/m0/s1. The van der Waals surface area contributed by atoms with Crippen molar-refractivity contribution in [2.45, 2.75) is 24.5 Å². The molecule has 0 unspecified atom stereocenters. The molecule has 10 heteroatoms. The van der Waals surface area contributed by atoms with Crippen LogP contribution < -0.4 is 10.2 Å². The lowest BCUT2D eigenvalue weighted by molar-refractivity contribution is -0.136. The van der Waals surface area contributed by atoms with Gasteiger partial charge in [0.15, 0.2) is 11.6 Å². The van der Waals surface area contributed by atoms with Crippen LogP contribution in [0.1, 0.15) is 29.2 Å². The number of ether oxygens (including phenoxy) is 3. The lowest BCUT2D eigenvalue weighted by Gasteiger charge is -2.35. The Labute approximate surface area is 250 Å². The number of rotatable bonds is 10. The number of carbonyl (C=O) groups is 1. The molecule has 1 saturated heterocycles. The summed E-state index contributed by atoms with van der Waals surface area (Å²) in [6.07, 6.45) is 0.194. The van der Waals surface area contributed by atoms with Gasteiger partial charge < -0.3 is 19.3 Å². The SMILES string of the molecule is O=C(NN1CCOCC1)[C@@]1(Cc2ccc(Br)cc2)N=C(c2ccc(OCCCO)cc2)O[C@H]1c1ccccc1Br. The van der Waals surface area contributed by atoms with Gasteiger partial charge in [0.05, 0.1) is 19.8 Å². The second kappa shape index (κ2) is 13.3. The van der Waals surface area contributed by atoms with Gasteiger partial charge in [-0.2, -0.15) is 0 Å². The maximum absolute atomic E-state index is 14.3. The molecular weight excluding hydrogens is 642 g/mol. The molecule has 0 aromatic heterocycles. The molecule has 2 aliphatic heterocycles. The molecule has 0 radical (unpaired) electrons. The van der Waals surface area contributed by atoms with Crippen molar-refractivity contribution in [3.05, 3.63) is 98.4 Å². The first-order valence-electron chi connectivity index (χ1n) is 13.2. The second-order valence-corrected chi connectivity index (χ2v) is 11.4. The molecule has 3 aromatic rings. The molecule has 1 amide bonds. The van der Waals surface area contributed by atoms with Crippen molar-refractivity contribution in [2.75, 3.05) is 39.5 Å². The number of aliphatic imine (C=N–C) groups is 1. The van der Waals surface area contributed by atoms with E-state index in [1.807, 2.05) is 77.8 Å². The number of carbonyl (C=O) groups excluding carboxylic acids is 1. The number of nitrogens with zero attached hydrogens (tertiary/aromatic N) is 2. The number of aliphatic hydroxyl groups is 1. The van der Waals surface area contributed by atoms with Crippen LogP contribution in [0.2, 0.25) is 0 Å². The second-order valence-electron chi connectivity index (χ2n) is 9.65. The first kappa shape index (κ1) is 28.8. The number of amides is 1. The van der Waals surface area contributed by atoms with E-state index in [0.29, 0.717) is 57.4 Å². The van der Waals surface area contributed by atoms with E-state index >= 15 is 0 Å². The highest BCUT2D eigenvalue weighted by atomic mass is 79.9. The number of hydrogen-bond donors (Lipinski definition) is 2. The number of morpholine rings is 1. The fourth-order valence-electron chi connectivity index (χ4n) is 4.78. The zero-order valence-electron chi connectivity index (χ0n) is 21.9. The van der Waals surface area contributed by atoms with Crippen molar-refractivity contribution in [3.8, 4) is 5.75 Å². The van der Waals surface area contributed by atoms with Gasteiger partial charge in [-0.15, -0.1) is 0 Å². The monoisotopic (exact) mass is 671 g/mol. The minimum atomic E-state index is -1.29. The van der Waals surface area contributed by atoms with Gasteiger partial charge in [-0.1, -0.05) is 62.2 Å². The lowest BCUT2D eigenvalue weighted by Crippen LogP contribution is -2.57. The highest BCUT2D eigenvalue weighted by molar-refractivity contribution is 9.10. The first-order chi connectivity index (χ1) is 19.5. The Bertz CT molecular complexity index is 1330. The molecule has 0 spiro atoms. The normalized spacial score (nSPS) is 21.0. The predicted octanol–water partition coefficient (Wildman–Crippen LogP) is 4.84. The number of halogens is 2. The number of hydrogen-bond acceptors (Lipinski definition) is 7. The molecule has 2 atom stereocenters. The van der Waals surface area contributed by atoms with E-state index in [1.165, 1.54) is 0 Å². The lowest BCUT2D eigenvalue weighted by atomic mass is 9.82. The van der Waals surface area contributed by atoms with Crippen LogP contribution in [0, 0.1) is 0 Å². The van der Waals surface area contributed by atoms with Gasteiger partial charge in [0.25, 0.3) is 5.91 Å². The summed E-state index contributed by atoms with van der Waals surface area (Å²) in [5.41, 5.74) is 4.36. The Kier molecular flexibility index (Phi) is 9.54. The Balaban J connectivity index is 1.56. The van der Waals surface area contributed by atoms with Gasteiger partial charge in [0.2, 0.25) is 5.90 Å². The molecule has 2 aliphatic rings. The summed E-state index contributed by atoms with van der Waals surface area (Å²) in [6, 6.07) is 23.1. The quantitative estimate of drug-likeness (QED) is 0.300. The molecule has 1 fully saturated rings. The molecule has 5 rings (SSSR count). The van der Waals surface area contributed by atoms with Gasteiger partial charge in [0, 0.05) is 52.6 Å². The molecule has 0 aliphatic carbocycles.